The molecule has 0 spiro atoms. The third-order valence-corrected chi connectivity index (χ3v) is 2.88. The minimum Gasteiger partial charge on any atom is -0.305 e. The first-order valence-corrected chi connectivity index (χ1v) is 6.11. The molecule has 4 nitrogen and oxygen atoms in total. The van der Waals surface area contributed by atoms with Crippen molar-refractivity contribution in [3.63, 3.8) is 0 Å². The molecule has 0 bridgehead atoms. The zero-order chi connectivity index (χ0) is 14.8. The molecule has 0 saturated heterocycles. The number of amidine groups is 1. The van der Waals surface area contributed by atoms with Gasteiger partial charge in [0.2, 0.25) is 0 Å². The average Bonchev–Trinajstić information content (AvgIpc) is 2.84. The molecule has 2 aromatic rings. The van der Waals surface area contributed by atoms with E-state index in [0.29, 0.717) is 5.56 Å². The fourth-order valence-corrected chi connectivity index (χ4v) is 1.87. The monoisotopic (exact) mass is 285 g/mol. The van der Waals surface area contributed by atoms with Gasteiger partial charge in [0.25, 0.3) is 5.91 Å². The Labute approximate surface area is 118 Å². The topological polar surface area (TPSA) is 54.4 Å². The number of aliphatic imine (C=N–C) groups is 1. The second kappa shape index (κ2) is 5.24. The van der Waals surface area contributed by atoms with E-state index in [1.54, 1.807) is 30.6 Å². The van der Waals surface area contributed by atoms with Gasteiger partial charge in [-0.05, 0) is 35.9 Å². The molecule has 1 amide bonds. The lowest BCUT2D eigenvalue weighted by molar-refractivity contribution is -0.115. The van der Waals surface area contributed by atoms with Crippen LogP contribution in [0.1, 0.15) is 11.1 Å². The van der Waals surface area contributed by atoms with Crippen molar-refractivity contribution >= 4 is 17.8 Å². The largest absolute Gasteiger partial charge is 0.305 e. The zero-order valence-electron chi connectivity index (χ0n) is 10.7. The highest BCUT2D eigenvalue weighted by atomic mass is 19.2. The molecular formula is C15H9F2N3O. The summed E-state index contributed by atoms with van der Waals surface area (Å²) in [5.74, 6) is -2.16. The van der Waals surface area contributed by atoms with Crippen LogP contribution in [0.3, 0.4) is 0 Å². The highest BCUT2D eigenvalue weighted by Gasteiger charge is 2.21. The summed E-state index contributed by atoms with van der Waals surface area (Å²) in [4.78, 5) is 19.9. The first-order valence-electron chi connectivity index (χ1n) is 6.11. The average molecular weight is 285 g/mol. The number of hydrogen-bond acceptors (Lipinski definition) is 3. The van der Waals surface area contributed by atoms with Gasteiger partial charge in [0.1, 0.15) is 11.5 Å². The quantitative estimate of drug-likeness (QED) is 0.861. The molecule has 0 aliphatic carbocycles. The molecule has 1 aromatic carbocycles. The normalized spacial score (nSPS) is 16.0. The maximum absolute atomic E-state index is 13.2. The number of benzene rings is 1. The number of carbonyl (C=O) groups is 1. The van der Waals surface area contributed by atoms with Crippen molar-refractivity contribution in [3.05, 3.63) is 71.2 Å². The van der Waals surface area contributed by atoms with Crippen molar-refractivity contribution in [1.29, 1.82) is 0 Å². The van der Waals surface area contributed by atoms with Crippen molar-refractivity contribution in [2.45, 2.75) is 0 Å². The van der Waals surface area contributed by atoms with E-state index in [1.165, 1.54) is 6.07 Å². The predicted octanol–water partition coefficient (Wildman–Crippen LogP) is 2.28. The highest BCUT2D eigenvalue weighted by Crippen LogP contribution is 2.16. The van der Waals surface area contributed by atoms with Gasteiger partial charge in [-0.2, -0.15) is 0 Å². The maximum Gasteiger partial charge on any atom is 0.275 e. The summed E-state index contributed by atoms with van der Waals surface area (Å²) in [6.07, 6.45) is 4.77. The Kier molecular flexibility index (Phi) is 3.27. The van der Waals surface area contributed by atoms with Crippen molar-refractivity contribution < 1.29 is 13.6 Å². The van der Waals surface area contributed by atoms with Gasteiger partial charge >= 0.3 is 0 Å². The van der Waals surface area contributed by atoms with E-state index in [0.717, 1.165) is 17.7 Å². The Hall–Kier alpha value is -2.89. The summed E-state index contributed by atoms with van der Waals surface area (Å²) < 4.78 is 26.1. The molecule has 0 fully saturated rings. The molecule has 1 aliphatic heterocycles. The number of nitrogens with zero attached hydrogens (tertiary/aromatic N) is 2. The van der Waals surface area contributed by atoms with Gasteiger partial charge in [-0.3, -0.25) is 9.78 Å². The molecule has 21 heavy (non-hydrogen) atoms. The summed E-state index contributed by atoms with van der Waals surface area (Å²) >= 11 is 0. The molecule has 1 N–H and O–H groups in total. The first-order chi connectivity index (χ1) is 10.1. The Balaban J connectivity index is 1.95. The fourth-order valence-electron chi connectivity index (χ4n) is 1.87. The van der Waals surface area contributed by atoms with Crippen LogP contribution in [0.2, 0.25) is 0 Å². The molecule has 3 rings (SSSR count). The summed E-state index contributed by atoms with van der Waals surface area (Å²) in [5.41, 5.74) is 1.21. The van der Waals surface area contributed by atoms with Gasteiger partial charge in [0, 0.05) is 18.0 Å². The van der Waals surface area contributed by atoms with Crippen LogP contribution in [0.4, 0.5) is 8.78 Å². The molecule has 0 radical (unpaired) electrons. The van der Waals surface area contributed by atoms with Crippen LogP contribution in [0.25, 0.3) is 6.08 Å². The molecule has 6 heteroatoms. The molecular weight excluding hydrogens is 276 g/mol. The summed E-state index contributed by atoms with van der Waals surface area (Å²) in [6.45, 7) is 0. The van der Waals surface area contributed by atoms with Crippen molar-refractivity contribution in [3.8, 4) is 0 Å². The molecule has 0 atom stereocenters. The Morgan fingerprint density at radius 1 is 1.14 bits per heavy atom. The van der Waals surface area contributed by atoms with Crippen LogP contribution in [-0.4, -0.2) is 16.7 Å². The van der Waals surface area contributed by atoms with E-state index < -0.39 is 17.5 Å². The third kappa shape index (κ3) is 2.69. The van der Waals surface area contributed by atoms with E-state index in [2.05, 4.69) is 15.3 Å². The molecule has 1 aromatic heterocycles. The van der Waals surface area contributed by atoms with Crippen LogP contribution in [0.5, 0.6) is 0 Å². The van der Waals surface area contributed by atoms with Gasteiger partial charge < -0.3 is 5.32 Å². The lowest BCUT2D eigenvalue weighted by Crippen LogP contribution is -2.24. The van der Waals surface area contributed by atoms with E-state index in [4.69, 9.17) is 0 Å². The number of hydrogen-bond donors (Lipinski definition) is 1. The molecule has 2 heterocycles. The number of rotatable bonds is 2. The van der Waals surface area contributed by atoms with Gasteiger partial charge in [-0.1, -0.05) is 6.07 Å². The number of aromatic nitrogens is 1. The van der Waals surface area contributed by atoms with E-state index in [9.17, 15) is 13.6 Å². The summed E-state index contributed by atoms with van der Waals surface area (Å²) in [6, 6.07) is 6.84. The Morgan fingerprint density at radius 3 is 2.71 bits per heavy atom. The highest BCUT2D eigenvalue weighted by molar-refractivity contribution is 6.19. The van der Waals surface area contributed by atoms with Gasteiger partial charge in [-0.15, -0.1) is 0 Å². The number of carbonyl (C=O) groups excluding carboxylic acids is 1. The van der Waals surface area contributed by atoms with Crippen LogP contribution < -0.4 is 5.32 Å². The van der Waals surface area contributed by atoms with Gasteiger partial charge in [-0.25, -0.2) is 13.8 Å². The second-order valence-corrected chi connectivity index (χ2v) is 4.36. The zero-order valence-corrected chi connectivity index (χ0v) is 10.7. The van der Waals surface area contributed by atoms with E-state index >= 15 is 0 Å². The molecule has 0 unspecified atom stereocenters. The van der Waals surface area contributed by atoms with Crippen molar-refractivity contribution in [2.24, 2.45) is 4.99 Å². The predicted molar refractivity (Wildman–Crippen MR) is 73.3 cm³/mol. The van der Waals surface area contributed by atoms with Crippen molar-refractivity contribution in [2.75, 3.05) is 0 Å². The lowest BCUT2D eigenvalue weighted by atomic mass is 10.2. The SMILES string of the molecule is O=C1NC(c2ccc(F)c(F)c2)=N/C1=C/c1cccnc1. The van der Waals surface area contributed by atoms with Crippen molar-refractivity contribution in [1.82, 2.24) is 10.3 Å². The number of nitrogens with one attached hydrogen (secondary N) is 1. The molecule has 1 aliphatic rings. The fraction of sp³-hybridized carbons (Fsp3) is 0. The van der Waals surface area contributed by atoms with E-state index in [-0.39, 0.29) is 11.5 Å². The maximum atomic E-state index is 13.2. The van der Waals surface area contributed by atoms with E-state index in [1.807, 2.05) is 0 Å². The number of pyridine rings is 1. The number of halogens is 2. The van der Waals surface area contributed by atoms with Crippen LogP contribution >= 0.6 is 0 Å². The number of amides is 1. The first kappa shape index (κ1) is 13.1. The Morgan fingerprint density at radius 2 is 2.00 bits per heavy atom. The summed E-state index contributed by atoms with van der Waals surface area (Å²) in [5, 5.41) is 2.52. The van der Waals surface area contributed by atoms with Crippen LogP contribution in [0.15, 0.2) is 53.4 Å². The summed E-state index contributed by atoms with van der Waals surface area (Å²) in [7, 11) is 0. The van der Waals surface area contributed by atoms with Gasteiger partial charge in [0.15, 0.2) is 11.6 Å². The molecule has 104 valence electrons. The third-order valence-electron chi connectivity index (χ3n) is 2.88. The lowest BCUT2D eigenvalue weighted by Gasteiger charge is -2.00. The van der Waals surface area contributed by atoms with Crippen LogP contribution in [-0.2, 0) is 4.79 Å². The minimum atomic E-state index is -0.992. The smallest absolute Gasteiger partial charge is 0.275 e. The van der Waals surface area contributed by atoms with Crippen LogP contribution in [0, 0.1) is 11.6 Å². The minimum absolute atomic E-state index is 0.183. The van der Waals surface area contributed by atoms with Gasteiger partial charge in [0.05, 0.1) is 0 Å². The Bertz CT molecular complexity index is 770. The molecule has 0 saturated carbocycles. The standard InChI is InChI=1S/C15H9F2N3O/c16-11-4-3-10(7-12(11)17)14-19-13(15(21)20-14)6-9-2-1-5-18-8-9/h1-8H,(H,19,20,21)/b13-6+. The second-order valence-electron chi connectivity index (χ2n) is 4.36.